The zero-order valence-electron chi connectivity index (χ0n) is 11.8. The molecule has 0 aliphatic carbocycles. The Hall–Kier alpha value is -1.62. The van der Waals surface area contributed by atoms with Crippen LogP contribution in [0.25, 0.3) is 0 Å². The van der Waals surface area contributed by atoms with Crippen molar-refractivity contribution in [2.75, 3.05) is 13.2 Å². The molecule has 1 amide bonds. The second kappa shape index (κ2) is 8.13. The molecule has 1 unspecified atom stereocenters. The first-order valence-electron chi connectivity index (χ1n) is 6.87. The summed E-state index contributed by atoms with van der Waals surface area (Å²) in [6.07, 6.45) is 0.572. The van der Waals surface area contributed by atoms with Crippen molar-refractivity contribution in [3.05, 3.63) is 63.9 Å². The summed E-state index contributed by atoms with van der Waals surface area (Å²) in [6, 6.07) is 12.7. The van der Waals surface area contributed by atoms with Gasteiger partial charge in [-0.2, -0.15) is 0 Å². The molecule has 1 atom stereocenters. The first kappa shape index (κ1) is 16.7. The molecule has 0 radical (unpaired) electrons. The van der Waals surface area contributed by atoms with Crippen LogP contribution in [0.3, 0.4) is 0 Å². The molecular weight excluding hydrogens is 323 g/mol. The zero-order valence-corrected chi connectivity index (χ0v) is 13.3. The van der Waals surface area contributed by atoms with E-state index in [-0.39, 0.29) is 28.7 Å². The number of hydrogen-bond acceptors (Lipinski definition) is 3. The van der Waals surface area contributed by atoms with Crippen LogP contribution in [0.4, 0.5) is 0 Å². The Morgan fingerprint density at radius 1 is 1.18 bits per heavy atom. The number of hydrogen-bond donors (Lipinski definition) is 2. The van der Waals surface area contributed by atoms with Gasteiger partial charge in [0, 0.05) is 24.6 Å². The minimum Gasteiger partial charge on any atom is -0.396 e. The predicted octanol–water partition coefficient (Wildman–Crippen LogP) is 3.28. The third-order valence-corrected chi connectivity index (χ3v) is 3.67. The van der Waals surface area contributed by atoms with Crippen molar-refractivity contribution in [1.82, 2.24) is 10.3 Å². The Morgan fingerprint density at radius 2 is 1.82 bits per heavy atom. The Kier molecular flexibility index (Phi) is 6.19. The number of halogens is 2. The van der Waals surface area contributed by atoms with Gasteiger partial charge < -0.3 is 10.4 Å². The normalized spacial score (nSPS) is 12.0. The SMILES string of the molecule is O=C(NCC(CCO)c1ccccc1)c1cc(Cl)nc(Cl)c1. The van der Waals surface area contributed by atoms with Crippen LogP contribution in [-0.2, 0) is 0 Å². The van der Waals surface area contributed by atoms with Crippen LogP contribution in [0.15, 0.2) is 42.5 Å². The number of rotatable bonds is 6. The van der Waals surface area contributed by atoms with Gasteiger partial charge in [0.15, 0.2) is 0 Å². The van der Waals surface area contributed by atoms with E-state index in [0.29, 0.717) is 18.5 Å². The van der Waals surface area contributed by atoms with Crippen molar-refractivity contribution >= 4 is 29.1 Å². The Morgan fingerprint density at radius 3 is 2.41 bits per heavy atom. The number of benzene rings is 1. The lowest BCUT2D eigenvalue weighted by Gasteiger charge is -2.17. The number of carbonyl (C=O) groups is 1. The summed E-state index contributed by atoms with van der Waals surface area (Å²) in [5, 5.41) is 12.4. The molecule has 2 N–H and O–H groups in total. The van der Waals surface area contributed by atoms with Crippen LogP contribution in [-0.4, -0.2) is 29.1 Å². The summed E-state index contributed by atoms with van der Waals surface area (Å²) < 4.78 is 0. The summed E-state index contributed by atoms with van der Waals surface area (Å²) in [5.74, 6) is -0.229. The number of nitrogens with one attached hydrogen (secondary N) is 1. The van der Waals surface area contributed by atoms with Crippen LogP contribution in [0.1, 0.15) is 28.3 Å². The van der Waals surface area contributed by atoms with E-state index in [4.69, 9.17) is 23.2 Å². The van der Waals surface area contributed by atoms with Gasteiger partial charge in [-0.1, -0.05) is 53.5 Å². The standard InChI is InChI=1S/C16H16Cl2N2O2/c17-14-8-13(9-15(18)20-14)16(22)19-10-12(6-7-21)11-4-2-1-3-5-11/h1-5,8-9,12,21H,6-7,10H2,(H,19,22). The minimum absolute atomic E-state index is 0.0444. The van der Waals surface area contributed by atoms with Crippen molar-refractivity contribution < 1.29 is 9.90 Å². The molecule has 1 heterocycles. The van der Waals surface area contributed by atoms with Crippen LogP contribution < -0.4 is 5.32 Å². The topological polar surface area (TPSA) is 62.2 Å². The smallest absolute Gasteiger partial charge is 0.251 e. The van der Waals surface area contributed by atoms with Gasteiger partial charge in [0.1, 0.15) is 10.3 Å². The average molecular weight is 339 g/mol. The molecule has 1 aromatic carbocycles. The Balaban J connectivity index is 2.04. The van der Waals surface area contributed by atoms with Gasteiger partial charge >= 0.3 is 0 Å². The van der Waals surface area contributed by atoms with Gasteiger partial charge in [-0.3, -0.25) is 4.79 Å². The maximum Gasteiger partial charge on any atom is 0.251 e. The average Bonchev–Trinajstić information content (AvgIpc) is 2.51. The molecule has 6 heteroatoms. The molecule has 0 bridgehead atoms. The molecule has 0 fully saturated rings. The van der Waals surface area contributed by atoms with Gasteiger partial charge in [0.05, 0.1) is 0 Å². The number of aromatic nitrogens is 1. The Labute approximate surface area is 139 Å². The highest BCUT2D eigenvalue weighted by Crippen LogP contribution is 2.19. The van der Waals surface area contributed by atoms with E-state index in [9.17, 15) is 9.90 Å². The van der Waals surface area contributed by atoms with Crippen molar-refractivity contribution in [1.29, 1.82) is 0 Å². The lowest BCUT2D eigenvalue weighted by Crippen LogP contribution is -2.29. The number of aliphatic hydroxyl groups is 1. The van der Waals surface area contributed by atoms with Crippen molar-refractivity contribution in [3.63, 3.8) is 0 Å². The summed E-state index contributed by atoms with van der Waals surface area (Å²) in [7, 11) is 0. The third-order valence-electron chi connectivity index (χ3n) is 3.28. The van der Waals surface area contributed by atoms with E-state index in [0.717, 1.165) is 5.56 Å². The fourth-order valence-electron chi connectivity index (χ4n) is 2.18. The van der Waals surface area contributed by atoms with Crippen molar-refractivity contribution in [2.24, 2.45) is 0 Å². The van der Waals surface area contributed by atoms with Gasteiger partial charge in [-0.25, -0.2) is 4.98 Å². The minimum atomic E-state index is -0.273. The lowest BCUT2D eigenvalue weighted by molar-refractivity contribution is 0.0949. The molecule has 2 aromatic rings. The summed E-state index contributed by atoms with van der Waals surface area (Å²) in [5.41, 5.74) is 1.43. The highest BCUT2D eigenvalue weighted by Gasteiger charge is 2.14. The van der Waals surface area contributed by atoms with Gasteiger partial charge in [-0.15, -0.1) is 0 Å². The molecule has 2 rings (SSSR count). The number of carbonyl (C=O) groups excluding carboxylic acids is 1. The second-order valence-electron chi connectivity index (χ2n) is 4.83. The number of aliphatic hydroxyl groups excluding tert-OH is 1. The summed E-state index contributed by atoms with van der Waals surface area (Å²) in [4.78, 5) is 16.0. The van der Waals surface area contributed by atoms with E-state index in [2.05, 4.69) is 10.3 Å². The molecule has 1 aromatic heterocycles. The second-order valence-corrected chi connectivity index (χ2v) is 5.61. The molecule has 0 aliphatic heterocycles. The predicted molar refractivity (Wildman–Crippen MR) is 87.5 cm³/mol. The zero-order chi connectivity index (χ0) is 15.9. The quantitative estimate of drug-likeness (QED) is 0.794. The molecule has 0 spiro atoms. The molecule has 4 nitrogen and oxygen atoms in total. The van der Waals surface area contributed by atoms with Gasteiger partial charge in [-0.05, 0) is 24.1 Å². The number of pyridine rings is 1. The van der Waals surface area contributed by atoms with E-state index < -0.39 is 0 Å². The molecule has 116 valence electrons. The number of nitrogens with zero attached hydrogens (tertiary/aromatic N) is 1. The van der Waals surface area contributed by atoms with E-state index >= 15 is 0 Å². The van der Waals surface area contributed by atoms with E-state index in [1.165, 1.54) is 12.1 Å². The van der Waals surface area contributed by atoms with E-state index in [1.807, 2.05) is 30.3 Å². The van der Waals surface area contributed by atoms with Crippen LogP contribution in [0.5, 0.6) is 0 Å². The van der Waals surface area contributed by atoms with Crippen molar-refractivity contribution in [3.8, 4) is 0 Å². The highest BCUT2D eigenvalue weighted by atomic mass is 35.5. The van der Waals surface area contributed by atoms with E-state index in [1.54, 1.807) is 0 Å². The maximum absolute atomic E-state index is 12.2. The third kappa shape index (κ3) is 4.70. The fraction of sp³-hybridized carbons (Fsp3) is 0.250. The molecular formula is C16H16Cl2N2O2. The lowest BCUT2D eigenvalue weighted by atomic mass is 9.96. The largest absolute Gasteiger partial charge is 0.396 e. The van der Waals surface area contributed by atoms with Crippen LogP contribution in [0.2, 0.25) is 10.3 Å². The van der Waals surface area contributed by atoms with Crippen LogP contribution in [0, 0.1) is 0 Å². The van der Waals surface area contributed by atoms with Crippen molar-refractivity contribution in [2.45, 2.75) is 12.3 Å². The summed E-state index contributed by atoms with van der Waals surface area (Å²) >= 11 is 11.6. The maximum atomic E-state index is 12.2. The first-order valence-corrected chi connectivity index (χ1v) is 7.63. The van der Waals surface area contributed by atoms with Crippen LogP contribution >= 0.6 is 23.2 Å². The Bertz CT molecular complexity index is 615. The molecule has 0 saturated heterocycles. The number of amides is 1. The molecule has 0 aliphatic rings. The first-order chi connectivity index (χ1) is 10.6. The highest BCUT2D eigenvalue weighted by molar-refractivity contribution is 6.33. The molecule has 22 heavy (non-hydrogen) atoms. The summed E-state index contributed by atoms with van der Waals surface area (Å²) in [6.45, 7) is 0.476. The fourth-order valence-corrected chi connectivity index (χ4v) is 2.64. The molecule has 0 saturated carbocycles. The van der Waals surface area contributed by atoms with Gasteiger partial charge in [0.25, 0.3) is 5.91 Å². The monoisotopic (exact) mass is 338 g/mol. The van der Waals surface area contributed by atoms with Gasteiger partial charge in [0.2, 0.25) is 0 Å².